The Kier molecular flexibility index (Phi) is 5.15. The van der Waals surface area contributed by atoms with Gasteiger partial charge in [-0.1, -0.05) is 56.1 Å². The van der Waals surface area contributed by atoms with E-state index in [2.05, 4.69) is 85.7 Å². The Morgan fingerprint density at radius 3 is 2.43 bits per heavy atom. The van der Waals surface area contributed by atoms with Crippen molar-refractivity contribution in [2.24, 2.45) is 0 Å². The number of hydrogen-bond donors (Lipinski definition) is 1. The molecule has 0 radical (unpaired) electrons. The first-order valence-electron chi connectivity index (χ1n) is 7.44. The molecule has 1 fully saturated rings. The molecule has 1 atom stereocenters. The normalized spacial score (nSPS) is 15.9. The molecule has 3 heteroatoms. The minimum atomic E-state index is 0.521. The van der Waals surface area contributed by atoms with Crippen LogP contribution in [0.2, 0.25) is 0 Å². The molecule has 21 heavy (non-hydrogen) atoms. The molecule has 0 spiro atoms. The standard InChI is InChI=1S/C18H19Br2N/c19-16-6-4-14(5-7-16)15(12-21-18-8-9-18)10-13-2-1-3-17(20)11-13/h1-7,11,15,18,21H,8-10,12H2. The molecule has 0 saturated heterocycles. The second-order valence-corrected chi connectivity index (χ2v) is 7.60. The topological polar surface area (TPSA) is 12.0 Å². The van der Waals surface area contributed by atoms with Crippen molar-refractivity contribution in [3.63, 3.8) is 0 Å². The summed E-state index contributed by atoms with van der Waals surface area (Å²) in [7, 11) is 0. The summed E-state index contributed by atoms with van der Waals surface area (Å²) in [5.74, 6) is 0.521. The van der Waals surface area contributed by atoms with Gasteiger partial charge in [-0.15, -0.1) is 0 Å². The van der Waals surface area contributed by atoms with Gasteiger partial charge in [0, 0.05) is 27.4 Å². The highest BCUT2D eigenvalue weighted by Gasteiger charge is 2.22. The van der Waals surface area contributed by atoms with E-state index in [9.17, 15) is 0 Å². The molecule has 2 aromatic rings. The lowest BCUT2D eigenvalue weighted by molar-refractivity contribution is 0.577. The monoisotopic (exact) mass is 407 g/mol. The Balaban J connectivity index is 1.75. The quantitative estimate of drug-likeness (QED) is 0.684. The Bertz CT molecular complexity index is 590. The molecule has 0 aromatic heterocycles. The van der Waals surface area contributed by atoms with Crippen LogP contribution in [0.25, 0.3) is 0 Å². The highest BCUT2D eigenvalue weighted by molar-refractivity contribution is 9.10. The zero-order valence-electron chi connectivity index (χ0n) is 11.9. The molecular formula is C18H19Br2N. The lowest BCUT2D eigenvalue weighted by atomic mass is 9.92. The van der Waals surface area contributed by atoms with Gasteiger partial charge in [-0.3, -0.25) is 0 Å². The second kappa shape index (κ2) is 7.08. The van der Waals surface area contributed by atoms with Crippen molar-refractivity contribution in [2.75, 3.05) is 6.54 Å². The molecule has 0 bridgehead atoms. The molecule has 1 N–H and O–H groups in total. The highest BCUT2D eigenvalue weighted by atomic mass is 79.9. The van der Waals surface area contributed by atoms with Crippen molar-refractivity contribution >= 4 is 31.9 Å². The Hall–Kier alpha value is -0.640. The summed E-state index contributed by atoms with van der Waals surface area (Å²) in [6.45, 7) is 1.05. The molecular weight excluding hydrogens is 390 g/mol. The van der Waals surface area contributed by atoms with Crippen LogP contribution in [0.15, 0.2) is 57.5 Å². The number of benzene rings is 2. The van der Waals surface area contributed by atoms with Crippen LogP contribution in [0.1, 0.15) is 29.9 Å². The Morgan fingerprint density at radius 1 is 1.00 bits per heavy atom. The maximum atomic E-state index is 3.68. The third-order valence-electron chi connectivity index (χ3n) is 3.94. The summed E-state index contributed by atoms with van der Waals surface area (Å²) in [6, 6.07) is 18.2. The molecule has 1 unspecified atom stereocenters. The minimum Gasteiger partial charge on any atom is -0.313 e. The third-order valence-corrected chi connectivity index (χ3v) is 4.96. The molecule has 3 rings (SSSR count). The van der Waals surface area contributed by atoms with E-state index in [-0.39, 0.29) is 0 Å². The predicted octanol–water partition coefficient (Wildman–Crippen LogP) is 5.29. The van der Waals surface area contributed by atoms with E-state index in [1.807, 2.05) is 0 Å². The van der Waals surface area contributed by atoms with Crippen LogP contribution in [0.3, 0.4) is 0 Å². The lowest BCUT2D eigenvalue weighted by Gasteiger charge is -2.19. The van der Waals surface area contributed by atoms with Crippen molar-refractivity contribution in [3.8, 4) is 0 Å². The van der Waals surface area contributed by atoms with Crippen molar-refractivity contribution in [1.29, 1.82) is 0 Å². The van der Waals surface area contributed by atoms with Crippen LogP contribution in [0.5, 0.6) is 0 Å². The second-order valence-electron chi connectivity index (χ2n) is 5.77. The average Bonchev–Trinajstić information content (AvgIpc) is 3.29. The van der Waals surface area contributed by atoms with Crippen LogP contribution >= 0.6 is 31.9 Å². The number of rotatable bonds is 6. The SMILES string of the molecule is Brc1ccc(C(CNC2CC2)Cc2cccc(Br)c2)cc1. The molecule has 2 aromatic carbocycles. The minimum absolute atomic E-state index is 0.521. The predicted molar refractivity (Wildman–Crippen MR) is 95.8 cm³/mol. The zero-order chi connectivity index (χ0) is 14.7. The van der Waals surface area contributed by atoms with Crippen LogP contribution in [0, 0.1) is 0 Å². The fourth-order valence-electron chi connectivity index (χ4n) is 2.59. The largest absolute Gasteiger partial charge is 0.313 e. The fourth-order valence-corrected chi connectivity index (χ4v) is 3.30. The number of nitrogens with one attached hydrogen (secondary N) is 1. The van der Waals surface area contributed by atoms with Gasteiger partial charge in [-0.25, -0.2) is 0 Å². The third kappa shape index (κ3) is 4.67. The molecule has 0 amide bonds. The fraction of sp³-hybridized carbons (Fsp3) is 0.333. The van der Waals surface area contributed by atoms with Crippen molar-refractivity contribution in [2.45, 2.75) is 31.2 Å². The molecule has 1 saturated carbocycles. The van der Waals surface area contributed by atoms with Crippen molar-refractivity contribution in [3.05, 3.63) is 68.6 Å². The van der Waals surface area contributed by atoms with Gasteiger partial charge < -0.3 is 5.32 Å². The summed E-state index contributed by atoms with van der Waals surface area (Å²) in [4.78, 5) is 0. The van der Waals surface area contributed by atoms with E-state index in [1.54, 1.807) is 0 Å². The number of hydrogen-bond acceptors (Lipinski definition) is 1. The van der Waals surface area contributed by atoms with Crippen LogP contribution in [-0.2, 0) is 6.42 Å². The van der Waals surface area contributed by atoms with E-state index in [0.29, 0.717) is 5.92 Å². The molecule has 110 valence electrons. The smallest absolute Gasteiger partial charge is 0.0177 e. The van der Waals surface area contributed by atoms with Crippen molar-refractivity contribution < 1.29 is 0 Å². The first-order valence-corrected chi connectivity index (χ1v) is 9.02. The van der Waals surface area contributed by atoms with Gasteiger partial charge in [-0.2, -0.15) is 0 Å². The highest BCUT2D eigenvalue weighted by Crippen LogP contribution is 2.26. The average molecular weight is 409 g/mol. The maximum absolute atomic E-state index is 3.68. The van der Waals surface area contributed by atoms with Crippen molar-refractivity contribution in [1.82, 2.24) is 5.32 Å². The molecule has 1 aliphatic carbocycles. The van der Waals surface area contributed by atoms with E-state index in [4.69, 9.17) is 0 Å². The van der Waals surface area contributed by atoms with Crippen LogP contribution in [0.4, 0.5) is 0 Å². The molecule has 1 nitrogen and oxygen atoms in total. The van der Waals surface area contributed by atoms with Gasteiger partial charge in [0.15, 0.2) is 0 Å². The first-order chi connectivity index (χ1) is 10.2. The molecule has 0 heterocycles. The van der Waals surface area contributed by atoms with E-state index in [0.717, 1.165) is 28.0 Å². The summed E-state index contributed by atoms with van der Waals surface area (Å²) in [6.07, 6.45) is 3.74. The Morgan fingerprint density at radius 2 is 1.76 bits per heavy atom. The zero-order valence-corrected chi connectivity index (χ0v) is 15.0. The summed E-state index contributed by atoms with van der Waals surface area (Å²) < 4.78 is 2.30. The van der Waals surface area contributed by atoms with Crippen LogP contribution in [-0.4, -0.2) is 12.6 Å². The van der Waals surface area contributed by atoms with Gasteiger partial charge in [0.2, 0.25) is 0 Å². The van der Waals surface area contributed by atoms with E-state index < -0.39 is 0 Å². The first kappa shape index (κ1) is 15.3. The van der Waals surface area contributed by atoms with Gasteiger partial charge in [-0.05, 0) is 54.7 Å². The maximum Gasteiger partial charge on any atom is 0.0177 e. The Labute approximate surface area is 143 Å². The van der Waals surface area contributed by atoms with Gasteiger partial charge >= 0.3 is 0 Å². The summed E-state index contributed by atoms with van der Waals surface area (Å²) >= 11 is 7.09. The number of halogens is 2. The van der Waals surface area contributed by atoms with E-state index >= 15 is 0 Å². The molecule has 1 aliphatic rings. The van der Waals surface area contributed by atoms with Crippen LogP contribution < -0.4 is 5.32 Å². The summed E-state index contributed by atoms with van der Waals surface area (Å²) in [5, 5.41) is 3.68. The molecule has 0 aliphatic heterocycles. The van der Waals surface area contributed by atoms with Gasteiger partial charge in [0.25, 0.3) is 0 Å². The van der Waals surface area contributed by atoms with E-state index in [1.165, 1.54) is 24.0 Å². The lowest BCUT2D eigenvalue weighted by Crippen LogP contribution is -2.24. The van der Waals surface area contributed by atoms with Gasteiger partial charge in [0.05, 0.1) is 0 Å². The summed E-state index contributed by atoms with van der Waals surface area (Å²) in [5.41, 5.74) is 2.79. The van der Waals surface area contributed by atoms with Gasteiger partial charge in [0.1, 0.15) is 0 Å².